The molecule has 0 bridgehead atoms. The van der Waals surface area contributed by atoms with E-state index in [1.54, 1.807) is 42.5 Å². The highest BCUT2D eigenvalue weighted by Crippen LogP contribution is 2.18. The van der Waals surface area contributed by atoms with Crippen LogP contribution in [0.25, 0.3) is 10.9 Å². The number of aromatic amines is 1. The number of carbonyl (C=O) groups excluding carboxylic acids is 1. The number of halogens is 1. The van der Waals surface area contributed by atoms with Gasteiger partial charge in [-0.25, -0.2) is 0 Å². The van der Waals surface area contributed by atoms with Crippen molar-refractivity contribution in [2.45, 2.75) is 0 Å². The fourth-order valence-corrected chi connectivity index (χ4v) is 2.20. The highest BCUT2D eigenvalue weighted by Gasteiger charge is 2.15. The number of carbonyl (C=O) groups is 1. The van der Waals surface area contributed by atoms with Crippen LogP contribution in [0.15, 0.2) is 53.3 Å². The van der Waals surface area contributed by atoms with Crippen LogP contribution < -0.4 is 10.7 Å². The van der Waals surface area contributed by atoms with Crippen molar-refractivity contribution in [3.05, 3.63) is 69.5 Å². The topological polar surface area (TPSA) is 74.8 Å². The van der Waals surface area contributed by atoms with Gasteiger partial charge in [-0.2, -0.15) is 5.10 Å². The Kier molecular flexibility index (Phi) is 3.41. The second-order valence-corrected chi connectivity index (χ2v) is 4.79. The molecule has 21 heavy (non-hydrogen) atoms. The minimum atomic E-state index is -0.565. The predicted molar refractivity (Wildman–Crippen MR) is 81.8 cm³/mol. The Balaban J connectivity index is 2.03. The first-order valence-corrected chi connectivity index (χ1v) is 6.58. The molecule has 2 aromatic carbocycles. The number of rotatable bonds is 2. The van der Waals surface area contributed by atoms with Gasteiger partial charge < -0.3 is 5.32 Å². The monoisotopic (exact) mass is 299 g/mol. The molecule has 0 aliphatic heterocycles. The van der Waals surface area contributed by atoms with E-state index in [4.69, 9.17) is 11.6 Å². The van der Waals surface area contributed by atoms with E-state index in [2.05, 4.69) is 15.5 Å². The van der Waals surface area contributed by atoms with Crippen LogP contribution in [-0.2, 0) is 0 Å². The van der Waals surface area contributed by atoms with E-state index in [0.717, 1.165) is 0 Å². The summed E-state index contributed by atoms with van der Waals surface area (Å²) in [7, 11) is 0. The molecule has 1 amide bonds. The summed E-state index contributed by atoms with van der Waals surface area (Å²) >= 11 is 5.98. The van der Waals surface area contributed by atoms with Crippen molar-refractivity contribution in [1.82, 2.24) is 10.2 Å². The maximum atomic E-state index is 12.3. The molecule has 2 N–H and O–H groups in total. The number of anilines is 1. The first-order chi connectivity index (χ1) is 10.2. The van der Waals surface area contributed by atoms with Gasteiger partial charge in [-0.3, -0.25) is 14.7 Å². The second kappa shape index (κ2) is 5.38. The van der Waals surface area contributed by atoms with Crippen molar-refractivity contribution in [2.24, 2.45) is 0 Å². The lowest BCUT2D eigenvalue weighted by molar-refractivity contribution is 0.102. The highest BCUT2D eigenvalue weighted by atomic mass is 35.5. The van der Waals surface area contributed by atoms with Crippen LogP contribution in [0.5, 0.6) is 0 Å². The third-order valence-electron chi connectivity index (χ3n) is 3.00. The van der Waals surface area contributed by atoms with Crippen molar-refractivity contribution >= 4 is 34.1 Å². The SMILES string of the molecule is O=C(Nc1ccccc1)c1n[nH]c2c(Cl)cccc2c1=O. The van der Waals surface area contributed by atoms with Crippen molar-refractivity contribution in [2.75, 3.05) is 5.32 Å². The van der Waals surface area contributed by atoms with Gasteiger partial charge in [0.2, 0.25) is 5.43 Å². The molecule has 0 radical (unpaired) electrons. The van der Waals surface area contributed by atoms with E-state index >= 15 is 0 Å². The largest absolute Gasteiger partial charge is 0.320 e. The molecule has 1 aromatic heterocycles. The van der Waals surface area contributed by atoms with E-state index in [9.17, 15) is 9.59 Å². The summed E-state index contributed by atoms with van der Waals surface area (Å²) in [6, 6.07) is 13.7. The summed E-state index contributed by atoms with van der Waals surface area (Å²) in [5.41, 5.74) is 0.351. The lowest BCUT2D eigenvalue weighted by atomic mass is 10.2. The van der Waals surface area contributed by atoms with Gasteiger partial charge in [0.15, 0.2) is 5.69 Å². The van der Waals surface area contributed by atoms with E-state index < -0.39 is 11.3 Å². The summed E-state index contributed by atoms with van der Waals surface area (Å²) in [4.78, 5) is 24.4. The maximum absolute atomic E-state index is 12.3. The first-order valence-electron chi connectivity index (χ1n) is 6.20. The zero-order valence-corrected chi connectivity index (χ0v) is 11.5. The number of benzene rings is 2. The molecule has 104 valence electrons. The fraction of sp³-hybridized carbons (Fsp3) is 0. The van der Waals surface area contributed by atoms with Crippen LogP contribution in [-0.4, -0.2) is 16.1 Å². The Bertz CT molecular complexity index is 875. The van der Waals surface area contributed by atoms with Crippen molar-refractivity contribution in [3.8, 4) is 0 Å². The van der Waals surface area contributed by atoms with Crippen molar-refractivity contribution in [3.63, 3.8) is 0 Å². The van der Waals surface area contributed by atoms with Crippen molar-refractivity contribution in [1.29, 1.82) is 0 Å². The molecule has 3 rings (SSSR count). The van der Waals surface area contributed by atoms with Gasteiger partial charge >= 0.3 is 0 Å². The summed E-state index contributed by atoms with van der Waals surface area (Å²) < 4.78 is 0. The third-order valence-corrected chi connectivity index (χ3v) is 3.31. The van der Waals surface area contributed by atoms with Crippen LogP contribution in [0.4, 0.5) is 5.69 Å². The van der Waals surface area contributed by atoms with Gasteiger partial charge in [-0.15, -0.1) is 0 Å². The average Bonchev–Trinajstić information content (AvgIpc) is 2.49. The smallest absolute Gasteiger partial charge is 0.280 e. The second-order valence-electron chi connectivity index (χ2n) is 4.38. The van der Waals surface area contributed by atoms with Crippen LogP contribution in [0.3, 0.4) is 0 Å². The van der Waals surface area contributed by atoms with Crippen LogP contribution in [0.2, 0.25) is 5.02 Å². The number of fused-ring (bicyclic) bond motifs is 1. The molecule has 5 nitrogen and oxygen atoms in total. The maximum Gasteiger partial charge on any atom is 0.280 e. The molecule has 3 aromatic rings. The molecular formula is C15H10ClN3O2. The number of nitrogens with one attached hydrogen (secondary N) is 2. The van der Waals surface area contributed by atoms with Gasteiger partial charge in [-0.1, -0.05) is 35.9 Å². The summed E-state index contributed by atoms with van der Waals surface area (Å²) in [6.07, 6.45) is 0. The summed E-state index contributed by atoms with van der Waals surface area (Å²) in [5, 5.41) is 9.82. The Morgan fingerprint density at radius 1 is 1.10 bits per heavy atom. The van der Waals surface area contributed by atoms with E-state index in [1.807, 2.05) is 6.07 Å². The molecule has 0 saturated heterocycles. The van der Waals surface area contributed by atoms with Gasteiger partial charge in [0.1, 0.15) is 0 Å². The van der Waals surface area contributed by atoms with Gasteiger partial charge in [0.25, 0.3) is 5.91 Å². The number of aromatic nitrogens is 2. The predicted octanol–water partition coefficient (Wildman–Crippen LogP) is 2.83. The molecule has 0 unspecified atom stereocenters. The Morgan fingerprint density at radius 3 is 2.62 bits per heavy atom. The van der Waals surface area contributed by atoms with Crippen LogP contribution in [0, 0.1) is 0 Å². The first kappa shape index (κ1) is 13.3. The number of hydrogen-bond acceptors (Lipinski definition) is 3. The molecule has 0 aliphatic rings. The molecule has 0 spiro atoms. The van der Waals surface area contributed by atoms with Gasteiger partial charge in [0, 0.05) is 5.69 Å². The average molecular weight is 300 g/mol. The lowest BCUT2D eigenvalue weighted by Crippen LogP contribution is -2.24. The minimum Gasteiger partial charge on any atom is -0.320 e. The summed E-state index contributed by atoms with van der Waals surface area (Å²) in [5.74, 6) is -0.565. The van der Waals surface area contributed by atoms with E-state index in [-0.39, 0.29) is 5.69 Å². The van der Waals surface area contributed by atoms with Gasteiger partial charge in [-0.05, 0) is 24.3 Å². The van der Waals surface area contributed by atoms with Crippen molar-refractivity contribution < 1.29 is 4.79 Å². The third kappa shape index (κ3) is 2.51. The zero-order valence-electron chi connectivity index (χ0n) is 10.8. The van der Waals surface area contributed by atoms with Crippen LogP contribution in [0.1, 0.15) is 10.5 Å². The fourth-order valence-electron chi connectivity index (χ4n) is 1.98. The van der Waals surface area contributed by atoms with Crippen LogP contribution >= 0.6 is 11.6 Å². The van der Waals surface area contributed by atoms with E-state index in [1.165, 1.54) is 0 Å². The molecule has 0 saturated carbocycles. The molecule has 0 aliphatic carbocycles. The number of amides is 1. The number of nitrogens with zero attached hydrogens (tertiary/aromatic N) is 1. The number of hydrogen-bond donors (Lipinski definition) is 2. The zero-order chi connectivity index (χ0) is 14.8. The molecule has 1 heterocycles. The Hall–Kier alpha value is -2.66. The number of H-pyrrole nitrogens is 1. The Labute approximate surface area is 124 Å². The quantitative estimate of drug-likeness (QED) is 0.764. The Morgan fingerprint density at radius 2 is 1.86 bits per heavy atom. The number of para-hydroxylation sites is 2. The standard InChI is InChI=1S/C15H10ClN3O2/c16-11-8-4-7-10-12(11)18-19-13(14(10)20)15(21)17-9-5-2-1-3-6-9/h1-8H,(H,17,21)(H,18,20). The summed E-state index contributed by atoms with van der Waals surface area (Å²) in [6.45, 7) is 0. The normalized spacial score (nSPS) is 10.5. The van der Waals surface area contributed by atoms with E-state index in [0.29, 0.717) is 21.6 Å². The minimum absolute atomic E-state index is 0.200. The van der Waals surface area contributed by atoms with Gasteiger partial charge in [0.05, 0.1) is 15.9 Å². The molecule has 6 heteroatoms. The molecule has 0 fully saturated rings. The molecular weight excluding hydrogens is 290 g/mol. The highest BCUT2D eigenvalue weighted by molar-refractivity contribution is 6.35. The molecule has 0 atom stereocenters. The lowest BCUT2D eigenvalue weighted by Gasteiger charge is -2.05.